The van der Waals surface area contributed by atoms with Crippen molar-refractivity contribution in [2.75, 3.05) is 6.61 Å². The molecule has 1 heterocycles. The molecule has 104 valence electrons. The highest BCUT2D eigenvalue weighted by molar-refractivity contribution is 6.34. The Bertz CT molecular complexity index is 535. The van der Waals surface area contributed by atoms with E-state index in [0.29, 0.717) is 16.4 Å². The summed E-state index contributed by atoms with van der Waals surface area (Å²) in [5.74, 6) is -0.977. The van der Waals surface area contributed by atoms with Crippen LogP contribution in [0.1, 0.15) is 30.0 Å². The van der Waals surface area contributed by atoms with Crippen LogP contribution in [0.5, 0.6) is 0 Å². The molecule has 0 saturated carbocycles. The Labute approximate surface area is 116 Å². The molecule has 0 spiro atoms. The second-order valence-corrected chi connectivity index (χ2v) is 4.28. The first-order valence-electron chi connectivity index (χ1n) is 5.72. The summed E-state index contributed by atoms with van der Waals surface area (Å²) in [7, 11) is 1.69. The molecule has 0 aliphatic carbocycles. The third-order valence-electron chi connectivity index (χ3n) is 2.41. The molecule has 0 fully saturated rings. The van der Waals surface area contributed by atoms with Crippen molar-refractivity contribution < 1.29 is 14.3 Å². The maximum atomic E-state index is 11.9. The van der Waals surface area contributed by atoms with Crippen LogP contribution in [0.4, 0.5) is 0 Å². The molecule has 0 aromatic carbocycles. The van der Waals surface area contributed by atoms with Crippen molar-refractivity contribution in [1.29, 1.82) is 0 Å². The van der Waals surface area contributed by atoms with Gasteiger partial charge in [-0.05, 0) is 20.8 Å². The minimum atomic E-state index is -0.511. The Balaban J connectivity index is 2.80. The maximum Gasteiger partial charge on any atom is 0.332 e. The fraction of sp³-hybridized carbons (Fsp3) is 0.417. The average molecular weight is 286 g/mol. The van der Waals surface area contributed by atoms with E-state index in [1.54, 1.807) is 27.8 Å². The standard InChI is InChI=1S/C12H16ClN3O3/c1-5-19-9(17)6-7(2)14-12(18)11-10(13)8(3)16(4)15-11/h6H,5H2,1-4H3,(H,14,18)/b7-6+. The van der Waals surface area contributed by atoms with E-state index in [-0.39, 0.29) is 12.3 Å². The number of esters is 1. The van der Waals surface area contributed by atoms with Crippen LogP contribution in [-0.2, 0) is 16.6 Å². The van der Waals surface area contributed by atoms with Crippen LogP contribution in [0, 0.1) is 6.92 Å². The molecule has 1 amide bonds. The van der Waals surface area contributed by atoms with E-state index in [4.69, 9.17) is 16.3 Å². The normalized spacial score (nSPS) is 11.3. The lowest BCUT2D eigenvalue weighted by Crippen LogP contribution is -2.23. The fourth-order valence-electron chi connectivity index (χ4n) is 1.36. The van der Waals surface area contributed by atoms with Gasteiger partial charge in [0, 0.05) is 18.8 Å². The number of carbonyl (C=O) groups is 2. The topological polar surface area (TPSA) is 73.2 Å². The monoisotopic (exact) mass is 285 g/mol. The molecular formula is C12H16ClN3O3. The van der Waals surface area contributed by atoms with Gasteiger partial charge in [-0.2, -0.15) is 5.10 Å². The van der Waals surface area contributed by atoms with Crippen molar-refractivity contribution in [3.63, 3.8) is 0 Å². The molecular weight excluding hydrogens is 270 g/mol. The van der Waals surface area contributed by atoms with Crippen LogP contribution in [0.3, 0.4) is 0 Å². The summed E-state index contributed by atoms with van der Waals surface area (Å²) in [6.07, 6.45) is 1.20. The molecule has 19 heavy (non-hydrogen) atoms. The van der Waals surface area contributed by atoms with E-state index >= 15 is 0 Å². The first-order valence-corrected chi connectivity index (χ1v) is 6.10. The Morgan fingerprint density at radius 3 is 2.63 bits per heavy atom. The van der Waals surface area contributed by atoms with Crippen molar-refractivity contribution in [2.24, 2.45) is 7.05 Å². The summed E-state index contributed by atoms with van der Waals surface area (Å²) in [6, 6.07) is 0. The van der Waals surface area contributed by atoms with Gasteiger partial charge in [-0.1, -0.05) is 11.6 Å². The van der Waals surface area contributed by atoms with Gasteiger partial charge in [0.2, 0.25) is 0 Å². The molecule has 0 aliphatic rings. The van der Waals surface area contributed by atoms with Gasteiger partial charge < -0.3 is 10.1 Å². The van der Waals surface area contributed by atoms with Crippen molar-refractivity contribution >= 4 is 23.5 Å². The zero-order valence-electron chi connectivity index (χ0n) is 11.3. The molecule has 0 saturated heterocycles. The molecule has 0 bridgehead atoms. The van der Waals surface area contributed by atoms with Gasteiger partial charge >= 0.3 is 5.97 Å². The Morgan fingerprint density at radius 1 is 1.53 bits per heavy atom. The van der Waals surface area contributed by atoms with Crippen LogP contribution in [0.25, 0.3) is 0 Å². The minimum Gasteiger partial charge on any atom is -0.463 e. The van der Waals surface area contributed by atoms with Gasteiger partial charge in [-0.3, -0.25) is 9.48 Å². The highest BCUT2D eigenvalue weighted by atomic mass is 35.5. The zero-order chi connectivity index (χ0) is 14.6. The number of nitrogens with one attached hydrogen (secondary N) is 1. The van der Waals surface area contributed by atoms with Crippen LogP contribution in [-0.4, -0.2) is 28.3 Å². The van der Waals surface area contributed by atoms with Gasteiger partial charge in [0.15, 0.2) is 5.69 Å². The number of ether oxygens (including phenoxy) is 1. The molecule has 0 radical (unpaired) electrons. The van der Waals surface area contributed by atoms with Crippen LogP contribution in [0.15, 0.2) is 11.8 Å². The first kappa shape index (κ1) is 15.2. The molecule has 1 rings (SSSR count). The number of amides is 1. The average Bonchev–Trinajstić information content (AvgIpc) is 2.57. The predicted octanol–water partition coefficient (Wildman–Crippen LogP) is 1.58. The van der Waals surface area contributed by atoms with Crippen molar-refractivity contribution in [2.45, 2.75) is 20.8 Å². The Kier molecular flexibility index (Phi) is 5.11. The number of aromatic nitrogens is 2. The van der Waals surface area contributed by atoms with Crippen LogP contribution < -0.4 is 5.32 Å². The number of nitrogens with zero attached hydrogens (tertiary/aromatic N) is 2. The SMILES string of the molecule is CCOC(=O)/C=C(\C)NC(=O)c1nn(C)c(C)c1Cl. The lowest BCUT2D eigenvalue weighted by atomic mass is 10.3. The molecule has 1 aromatic rings. The van der Waals surface area contributed by atoms with Crippen LogP contribution in [0.2, 0.25) is 5.02 Å². The van der Waals surface area contributed by atoms with E-state index < -0.39 is 11.9 Å². The molecule has 1 aromatic heterocycles. The summed E-state index contributed by atoms with van der Waals surface area (Å²) >= 11 is 5.99. The highest BCUT2D eigenvalue weighted by Gasteiger charge is 2.18. The summed E-state index contributed by atoms with van der Waals surface area (Å²) in [5, 5.41) is 6.83. The van der Waals surface area contributed by atoms with E-state index in [0.717, 1.165) is 0 Å². The van der Waals surface area contributed by atoms with E-state index in [1.807, 2.05) is 0 Å². The van der Waals surface area contributed by atoms with Gasteiger partial charge in [0.05, 0.1) is 17.3 Å². The number of aryl methyl sites for hydroxylation is 1. The molecule has 1 N–H and O–H groups in total. The lowest BCUT2D eigenvalue weighted by Gasteiger charge is -2.03. The first-order chi connectivity index (χ1) is 8.86. The molecule has 7 heteroatoms. The largest absolute Gasteiger partial charge is 0.463 e. The van der Waals surface area contributed by atoms with Crippen molar-refractivity contribution in [3.8, 4) is 0 Å². The fourth-order valence-corrected chi connectivity index (χ4v) is 1.61. The number of rotatable bonds is 4. The molecule has 0 unspecified atom stereocenters. The van der Waals surface area contributed by atoms with E-state index in [9.17, 15) is 9.59 Å². The minimum absolute atomic E-state index is 0.123. The van der Waals surface area contributed by atoms with Crippen molar-refractivity contribution in [1.82, 2.24) is 15.1 Å². The van der Waals surface area contributed by atoms with Crippen molar-refractivity contribution in [3.05, 3.63) is 28.2 Å². The molecule has 6 nitrogen and oxygen atoms in total. The quantitative estimate of drug-likeness (QED) is 0.673. The summed E-state index contributed by atoms with van der Waals surface area (Å²) < 4.78 is 6.25. The second-order valence-electron chi connectivity index (χ2n) is 3.91. The maximum absolute atomic E-state index is 11.9. The number of hydrogen-bond donors (Lipinski definition) is 1. The predicted molar refractivity (Wildman–Crippen MR) is 70.8 cm³/mol. The Hall–Kier alpha value is -1.82. The highest BCUT2D eigenvalue weighted by Crippen LogP contribution is 2.19. The summed E-state index contributed by atoms with van der Waals surface area (Å²) in [6.45, 7) is 5.32. The van der Waals surface area contributed by atoms with E-state index in [2.05, 4.69) is 10.4 Å². The lowest BCUT2D eigenvalue weighted by molar-refractivity contribution is -0.137. The van der Waals surface area contributed by atoms with Crippen LogP contribution >= 0.6 is 11.6 Å². The smallest absolute Gasteiger partial charge is 0.332 e. The number of halogens is 1. The van der Waals surface area contributed by atoms with Gasteiger partial charge in [-0.15, -0.1) is 0 Å². The van der Waals surface area contributed by atoms with Gasteiger partial charge in [0.1, 0.15) is 0 Å². The number of allylic oxidation sites excluding steroid dienone is 1. The summed E-state index contributed by atoms with van der Waals surface area (Å²) in [4.78, 5) is 23.1. The molecule has 0 aliphatic heterocycles. The summed E-state index contributed by atoms with van der Waals surface area (Å²) in [5.41, 5.74) is 1.18. The number of carbonyl (C=O) groups excluding carboxylic acids is 2. The second kappa shape index (κ2) is 6.38. The third kappa shape index (κ3) is 3.82. The Morgan fingerprint density at radius 2 is 2.16 bits per heavy atom. The van der Waals surface area contributed by atoms with E-state index in [1.165, 1.54) is 10.8 Å². The van der Waals surface area contributed by atoms with Gasteiger partial charge in [0.25, 0.3) is 5.91 Å². The van der Waals surface area contributed by atoms with Gasteiger partial charge in [-0.25, -0.2) is 4.79 Å². The zero-order valence-corrected chi connectivity index (χ0v) is 12.0. The third-order valence-corrected chi connectivity index (χ3v) is 2.86. The number of hydrogen-bond acceptors (Lipinski definition) is 4. The molecule has 0 atom stereocenters.